The van der Waals surface area contributed by atoms with Gasteiger partial charge in [-0.1, -0.05) is 13.0 Å². The summed E-state index contributed by atoms with van der Waals surface area (Å²) in [6, 6.07) is 8.90. The largest absolute Gasteiger partial charge is 0.459 e. The fraction of sp³-hybridized carbons (Fsp3) is 0.478. The van der Waals surface area contributed by atoms with Crippen molar-refractivity contribution in [3.63, 3.8) is 0 Å². The fourth-order valence-electron chi connectivity index (χ4n) is 4.38. The van der Waals surface area contributed by atoms with E-state index in [0.29, 0.717) is 44.8 Å². The van der Waals surface area contributed by atoms with E-state index in [0.717, 1.165) is 19.4 Å². The molecule has 0 aliphatic carbocycles. The average molecular weight is 475 g/mol. The highest BCUT2D eigenvalue weighted by Gasteiger charge is 2.34. The van der Waals surface area contributed by atoms with Crippen molar-refractivity contribution in [3.8, 4) is 0 Å². The number of hydrogen-bond acceptors (Lipinski definition) is 6. The summed E-state index contributed by atoms with van der Waals surface area (Å²) in [6.07, 6.45) is 3.62. The molecule has 1 unspecified atom stereocenters. The Kier molecular flexibility index (Phi) is 7.16. The Balaban J connectivity index is 1.47. The minimum atomic E-state index is -3.65. The van der Waals surface area contributed by atoms with Crippen LogP contribution >= 0.6 is 0 Å². The lowest BCUT2D eigenvalue weighted by Gasteiger charge is -2.34. The van der Waals surface area contributed by atoms with Crippen LogP contribution in [-0.2, 0) is 14.8 Å². The first kappa shape index (κ1) is 23.5. The second-order valence-corrected chi connectivity index (χ2v) is 10.3. The quantitative estimate of drug-likeness (QED) is 0.689. The van der Waals surface area contributed by atoms with Crippen molar-refractivity contribution < 1.29 is 22.4 Å². The molecular formula is C23H30N4O5S. The number of likely N-dealkylation sites (N-methyl/N-ethyl adjacent to an activating group) is 1. The molecule has 33 heavy (non-hydrogen) atoms. The lowest BCUT2D eigenvalue weighted by atomic mass is 10.0. The number of piperidine rings is 1. The first-order valence-electron chi connectivity index (χ1n) is 11.4. The van der Waals surface area contributed by atoms with Crippen LogP contribution < -0.4 is 5.32 Å². The number of hydrogen-bond donors (Lipinski definition) is 1. The first-order chi connectivity index (χ1) is 15.9. The molecule has 0 saturated carbocycles. The summed E-state index contributed by atoms with van der Waals surface area (Å²) in [6.45, 7) is 5.72. The third-order valence-electron chi connectivity index (χ3n) is 6.32. The molecule has 10 heteroatoms. The Labute approximate surface area is 194 Å². The van der Waals surface area contributed by atoms with Crippen molar-refractivity contribution in [1.29, 1.82) is 0 Å². The van der Waals surface area contributed by atoms with Gasteiger partial charge in [0.25, 0.3) is 5.91 Å². The molecular weight excluding hydrogens is 444 g/mol. The van der Waals surface area contributed by atoms with E-state index in [2.05, 4.69) is 17.1 Å². The zero-order chi connectivity index (χ0) is 23.4. The topological polar surface area (TPSA) is 103 Å². The van der Waals surface area contributed by atoms with Crippen molar-refractivity contribution >= 4 is 27.5 Å². The van der Waals surface area contributed by atoms with E-state index in [-0.39, 0.29) is 22.5 Å². The molecule has 2 aliphatic heterocycles. The molecule has 1 aromatic heterocycles. The molecule has 1 aromatic carbocycles. The van der Waals surface area contributed by atoms with Gasteiger partial charge in [-0.25, -0.2) is 8.42 Å². The number of benzene rings is 1. The molecule has 0 radical (unpaired) electrons. The molecule has 9 nitrogen and oxygen atoms in total. The van der Waals surface area contributed by atoms with Gasteiger partial charge in [0, 0.05) is 38.4 Å². The molecule has 0 bridgehead atoms. The Bertz CT molecular complexity index is 1080. The second-order valence-electron chi connectivity index (χ2n) is 8.34. The Hall–Kier alpha value is -2.69. The standard InChI is InChI=1S/C23H30N4O5S/c1-2-25-12-14-26(15-13-25)33(30,31)19-8-5-7-18(17-19)24-22(28)20-9-3-4-11-27(20)23(29)21-10-6-16-32-21/h5-8,10,16-17,20H,2-4,9,11-15H2,1H3,(H,24,28). The number of nitrogens with one attached hydrogen (secondary N) is 1. The molecule has 2 aliphatic rings. The molecule has 0 spiro atoms. The molecule has 1 atom stereocenters. The number of likely N-dealkylation sites (tertiary alicyclic amines) is 1. The van der Waals surface area contributed by atoms with Gasteiger partial charge < -0.3 is 19.5 Å². The van der Waals surface area contributed by atoms with Crippen LogP contribution in [0, 0.1) is 0 Å². The minimum absolute atomic E-state index is 0.150. The third kappa shape index (κ3) is 5.13. The molecule has 1 N–H and O–H groups in total. The van der Waals surface area contributed by atoms with Gasteiger partial charge in [-0.2, -0.15) is 4.31 Å². The number of sulfonamides is 1. The van der Waals surface area contributed by atoms with Gasteiger partial charge in [0.15, 0.2) is 5.76 Å². The minimum Gasteiger partial charge on any atom is -0.459 e. The van der Waals surface area contributed by atoms with Gasteiger partial charge >= 0.3 is 0 Å². The van der Waals surface area contributed by atoms with Gasteiger partial charge in [-0.3, -0.25) is 9.59 Å². The summed E-state index contributed by atoms with van der Waals surface area (Å²) in [4.78, 5) is 29.8. The Morgan fingerprint density at radius 2 is 1.85 bits per heavy atom. The molecule has 2 amide bonds. The van der Waals surface area contributed by atoms with E-state index in [4.69, 9.17) is 4.42 Å². The number of rotatable bonds is 6. The van der Waals surface area contributed by atoms with Crippen LogP contribution in [0.1, 0.15) is 36.7 Å². The van der Waals surface area contributed by atoms with E-state index < -0.39 is 16.1 Å². The second kappa shape index (κ2) is 10.1. The molecule has 2 aromatic rings. The maximum atomic E-state index is 13.1. The lowest BCUT2D eigenvalue weighted by molar-refractivity contribution is -0.121. The van der Waals surface area contributed by atoms with Gasteiger partial charge in [-0.15, -0.1) is 0 Å². The maximum absolute atomic E-state index is 13.1. The monoisotopic (exact) mass is 474 g/mol. The van der Waals surface area contributed by atoms with E-state index in [9.17, 15) is 18.0 Å². The predicted molar refractivity (Wildman–Crippen MR) is 123 cm³/mol. The fourth-order valence-corrected chi connectivity index (χ4v) is 5.85. The molecule has 2 saturated heterocycles. The van der Waals surface area contributed by atoms with Crippen LogP contribution in [0.2, 0.25) is 0 Å². The average Bonchev–Trinajstić information content (AvgIpc) is 3.39. The van der Waals surface area contributed by atoms with Crippen LogP contribution in [-0.4, -0.2) is 79.6 Å². The third-order valence-corrected chi connectivity index (χ3v) is 8.21. The van der Waals surface area contributed by atoms with Crippen LogP contribution in [0.5, 0.6) is 0 Å². The highest BCUT2D eigenvalue weighted by molar-refractivity contribution is 7.89. The van der Waals surface area contributed by atoms with E-state index in [1.54, 1.807) is 30.3 Å². The zero-order valence-corrected chi connectivity index (χ0v) is 19.6. The summed E-state index contributed by atoms with van der Waals surface area (Å²) >= 11 is 0. The maximum Gasteiger partial charge on any atom is 0.290 e. The van der Waals surface area contributed by atoms with Crippen molar-refractivity contribution in [2.75, 3.05) is 44.6 Å². The lowest BCUT2D eigenvalue weighted by Crippen LogP contribution is -2.50. The van der Waals surface area contributed by atoms with Gasteiger partial charge in [0.2, 0.25) is 15.9 Å². The van der Waals surface area contributed by atoms with Crippen LogP contribution in [0.15, 0.2) is 52.0 Å². The summed E-state index contributed by atoms with van der Waals surface area (Å²) in [5, 5.41) is 2.82. The molecule has 3 heterocycles. The Morgan fingerprint density at radius 1 is 1.06 bits per heavy atom. The number of anilines is 1. The summed E-state index contributed by atoms with van der Waals surface area (Å²) < 4.78 is 33.0. The number of piperazine rings is 1. The molecule has 178 valence electrons. The highest BCUT2D eigenvalue weighted by Crippen LogP contribution is 2.24. The highest BCUT2D eigenvalue weighted by atomic mass is 32.2. The number of furan rings is 1. The van der Waals surface area contributed by atoms with Crippen molar-refractivity contribution in [2.45, 2.75) is 37.1 Å². The van der Waals surface area contributed by atoms with E-state index in [1.165, 1.54) is 21.5 Å². The van der Waals surface area contributed by atoms with Crippen LogP contribution in [0.25, 0.3) is 0 Å². The van der Waals surface area contributed by atoms with Gasteiger partial charge in [-0.05, 0) is 56.1 Å². The summed E-state index contributed by atoms with van der Waals surface area (Å²) in [5.41, 5.74) is 0.393. The van der Waals surface area contributed by atoms with Crippen LogP contribution in [0.3, 0.4) is 0 Å². The van der Waals surface area contributed by atoms with Crippen LogP contribution in [0.4, 0.5) is 5.69 Å². The zero-order valence-electron chi connectivity index (χ0n) is 18.8. The Morgan fingerprint density at radius 3 is 2.55 bits per heavy atom. The van der Waals surface area contributed by atoms with Gasteiger partial charge in [0.1, 0.15) is 6.04 Å². The smallest absolute Gasteiger partial charge is 0.290 e. The van der Waals surface area contributed by atoms with Crippen molar-refractivity contribution in [2.24, 2.45) is 0 Å². The molecule has 4 rings (SSSR count). The number of carbonyl (C=O) groups is 2. The summed E-state index contributed by atoms with van der Waals surface area (Å²) in [5.74, 6) is -0.450. The van der Waals surface area contributed by atoms with Crippen molar-refractivity contribution in [1.82, 2.24) is 14.1 Å². The normalized spacial score (nSPS) is 20.5. The van der Waals surface area contributed by atoms with Crippen molar-refractivity contribution in [3.05, 3.63) is 48.4 Å². The van der Waals surface area contributed by atoms with E-state index >= 15 is 0 Å². The first-order valence-corrected chi connectivity index (χ1v) is 12.8. The predicted octanol–water partition coefficient (Wildman–Crippen LogP) is 2.24. The number of amides is 2. The number of nitrogens with zero attached hydrogens (tertiary/aromatic N) is 3. The van der Waals surface area contributed by atoms with Gasteiger partial charge in [0.05, 0.1) is 11.2 Å². The summed E-state index contributed by atoms with van der Waals surface area (Å²) in [7, 11) is -3.65. The SMILES string of the molecule is CCN1CCN(S(=O)(=O)c2cccc(NC(=O)C3CCCCN3C(=O)c3ccco3)c2)CC1. The number of carbonyl (C=O) groups excluding carboxylic acids is 2. The molecule has 2 fully saturated rings. The van der Waals surface area contributed by atoms with E-state index in [1.807, 2.05) is 0 Å².